The number of benzene rings is 1. The van der Waals surface area contributed by atoms with Gasteiger partial charge in [-0.1, -0.05) is 20.8 Å². The Morgan fingerprint density at radius 3 is 2.23 bits per heavy atom. The first-order valence-electron chi connectivity index (χ1n) is 11.3. The highest BCUT2D eigenvalue weighted by Crippen LogP contribution is 2.25. The van der Waals surface area contributed by atoms with Gasteiger partial charge in [-0.2, -0.15) is 0 Å². The molecule has 1 unspecified atom stereocenters. The van der Waals surface area contributed by atoms with Crippen LogP contribution in [0.15, 0.2) is 23.2 Å². The maximum atomic E-state index is 13.4. The number of carbonyl (C=O) groups excluding carboxylic acids is 3. The number of hydrogen-bond donors (Lipinski definition) is 3. The lowest BCUT2D eigenvalue weighted by Crippen LogP contribution is -2.57. The van der Waals surface area contributed by atoms with Crippen LogP contribution in [0.25, 0.3) is 0 Å². The highest BCUT2D eigenvalue weighted by Gasteiger charge is 2.36. The first-order chi connectivity index (χ1) is 16.1. The van der Waals surface area contributed by atoms with Gasteiger partial charge in [0.2, 0.25) is 11.8 Å². The number of carbonyl (C=O) groups is 3. The Balaban J connectivity index is 3.22. The SMILES string of the molecule is COC(=O)CNC(=O)[C@@H](NC(=O)[C@@H](N=Cc1cc(OC)ccc1O)C(C)(C)C)C(C)OC(C)(C)C. The van der Waals surface area contributed by atoms with Crippen molar-refractivity contribution >= 4 is 24.0 Å². The molecule has 1 rings (SSSR count). The number of nitrogens with zero attached hydrogens (tertiary/aromatic N) is 1. The molecule has 0 saturated carbocycles. The second-order valence-corrected chi connectivity index (χ2v) is 10.2. The Labute approximate surface area is 207 Å². The molecular weight excluding hydrogens is 454 g/mol. The van der Waals surface area contributed by atoms with E-state index in [-0.39, 0.29) is 12.3 Å². The summed E-state index contributed by atoms with van der Waals surface area (Å²) >= 11 is 0. The Morgan fingerprint density at radius 2 is 1.71 bits per heavy atom. The fraction of sp³-hybridized carbons (Fsp3) is 0.600. The van der Waals surface area contributed by atoms with E-state index in [1.165, 1.54) is 26.5 Å². The quantitative estimate of drug-likeness (QED) is 0.336. The van der Waals surface area contributed by atoms with Gasteiger partial charge in [-0.15, -0.1) is 0 Å². The zero-order valence-electron chi connectivity index (χ0n) is 22.1. The number of phenolic OH excluding ortho intramolecular Hbond substituents is 1. The van der Waals surface area contributed by atoms with E-state index in [9.17, 15) is 19.5 Å². The van der Waals surface area contributed by atoms with Crippen LogP contribution in [0.4, 0.5) is 0 Å². The minimum Gasteiger partial charge on any atom is -0.507 e. The highest BCUT2D eigenvalue weighted by molar-refractivity contribution is 5.93. The molecule has 0 fully saturated rings. The number of esters is 1. The van der Waals surface area contributed by atoms with Crippen LogP contribution in [0, 0.1) is 5.41 Å². The number of rotatable bonds is 10. The van der Waals surface area contributed by atoms with Crippen molar-refractivity contribution in [2.24, 2.45) is 10.4 Å². The van der Waals surface area contributed by atoms with E-state index < -0.39 is 47.0 Å². The predicted molar refractivity (Wildman–Crippen MR) is 133 cm³/mol. The molecule has 2 amide bonds. The molecule has 3 N–H and O–H groups in total. The summed E-state index contributed by atoms with van der Waals surface area (Å²) < 4.78 is 15.7. The van der Waals surface area contributed by atoms with Crippen molar-refractivity contribution in [3.63, 3.8) is 0 Å². The average Bonchev–Trinajstić information content (AvgIpc) is 2.74. The third-order valence-corrected chi connectivity index (χ3v) is 4.89. The first-order valence-corrected chi connectivity index (χ1v) is 11.3. The van der Waals surface area contributed by atoms with Crippen molar-refractivity contribution in [3.05, 3.63) is 23.8 Å². The lowest BCUT2D eigenvalue weighted by molar-refractivity contribution is -0.143. The molecule has 0 heterocycles. The standard InChI is InChI=1S/C25H39N3O7/c1-15(35-25(5,6)7)20(22(31)27-14-19(30)34-9)28-23(32)21(24(2,3)4)26-13-16-12-17(33-8)10-11-18(16)29/h10-13,15,20-21,29H,14H2,1-9H3,(H,27,31)(H,28,32)/t15?,20-,21+/m0/s1. The molecule has 0 bridgehead atoms. The third kappa shape index (κ3) is 9.94. The van der Waals surface area contributed by atoms with Crippen molar-refractivity contribution in [2.75, 3.05) is 20.8 Å². The van der Waals surface area contributed by atoms with Crippen molar-refractivity contribution in [3.8, 4) is 11.5 Å². The smallest absolute Gasteiger partial charge is 0.325 e. The minimum absolute atomic E-state index is 0.0186. The number of hydrogen-bond acceptors (Lipinski definition) is 8. The van der Waals surface area contributed by atoms with Gasteiger partial charge in [0.25, 0.3) is 0 Å². The van der Waals surface area contributed by atoms with Crippen LogP contribution >= 0.6 is 0 Å². The summed E-state index contributed by atoms with van der Waals surface area (Å²) in [4.78, 5) is 42.2. The maximum Gasteiger partial charge on any atom is 0.325 e. The summed E-state index contributed by atoms with van der Waals surface area (Å²) in [6.45, 7) is 12.3. The van der Waals surface area contributed by atoms with Gasteiger partial charge in [-0.3, -0.25) is 19.4 Å². The largest absolute Gasteiger partial charge is 0.507 e. The highest BCUT2D eigenvalue weighted by atomic mass is 16.5. The van der Waals surface area contributed by atoms with E-state index in [2.05, 4.69) is 20.4 Å². The fourth-order valence-corrected chi connectivity index (χ4v) is 3.20. The van der Waals surface area contributed by atoms with Crippen LogP contribution in [0.3, 0.4) is 0 Å². The van der Waals surface area contributed by atoms with Crippen LogP contribution in [-0.4, -0.2) is 73.7 Å². The summed E-state index contributed by atoms with van der Waals surface area (Å²) in [6.07, 6.45) is 0.679. The molecule has 3 atom stereocenters. The number of aromatic hydroxyl groups is 1. The van der Waals surface area contributed by atoms with Gasteiger partial charge in [0.05, 0.1) is 25.9 Å². The second-order valence-electron chi connectivity index (χ2n) is 10.2. The van der Waals surface area contributed by atoms with Crippen LogP contribution in [0.1, 0.15) is 54.0 Å². The fourth-order valence-electron chi connectivity index (χ4n) is 3.20. The Morgan fingerprint density at radius 1 is 1.09 bits per heavy atom. The van der Waals surface area contributed by atoms with E-state index in [0.717, 1.165) is 0 Å². The van der Waals surface area contributed by atoms with E-state index in [1.54, 1.807) is 19.1 Å². The normalized spacial score (nSPS) is 14.7. The van der Waals surface area contributed by atoms with Crippen LogP contribution in [0.2, 0.25) is 0 Å². The summed E-state index contributed by atoms with van der Waals surface area (Å²) in [5, 5.41) is 15.4. The summed E-state index contributed by atoms with van der Waals surface area (Å²) in [5.41, 5.74) is -0.838. The summed E-state index contributed by atoms with van der Waals surface area (Å²) in [5.74, 6) is -1.23. The van der Waals surface area contributed by atoms with Crippen molar-refractivity contribution in [2.45, 2.75) is 72.3 Å². The number of amides is 2. The van der Waals surface area contributed by atoms with E-state index in [4.69, 9.17) is 9.47 Å². The molecule has 0 aromatic heterocycles. The minimum atomic E-state index is -1.10. The number of phenols is 1. The third-order valence-electron chi connectivity index (χ3n) is 4.89. The molecule has 0 radical (unpaired) electrons. The topological polar surface area (TPSA) is 136 Å². The number of methoxy groups -OCH3 is 2. The molecular formula is C25H39N3O7. The van der Waals surface area contributed by atoms with Crippen molar-refractivity contribution in [1.82, 2.24) is 10.6 Å². The van der Waals surface area contributed by atoms with Crippen LogP contribution in [0.5, 0.6) is 11.5 Å². The number of aliphatic imine (C=N–C) groups is 1. The lowest BCUT2D eigenvalue weighted by atomic mass is 9.86. The van der Waals surface area contributed by atoms with E-state index in [0.29, 0.717) is 11.3 Å². The molecule has 0 aliphatic carbocycles. The monoisotopic (exact) mass is 493 g/mol. The molecule has 35 heavy (non-hydrogen) atoms. The second kappa shape index (κ2) is 12.5. The maximum absolute atomic E-state index is 13.4. The summed E-state index contributed by atoms with van der Waals surface area (Å²) in [6, 6.07) is 2.66. The Bertz CT molecular complexity index is 917. The lowest BCUT2D eigenvalue weighted by Gasteiger charge is -2.33. The van der Waals surface area contributed by atoms with Gasteiger partial charge in [0.1, 0.15) is 30.1 Å². The predicted octanol–water partition coefficient (Wildman–Crippen LogP) is 2.21. The van der Waals surface area contributed by atoms with E-state index >= 15 is 0 Å². The van der Waals surface area contributed by atoms with Crippen LogP contribution < -0.4 is 15.4 Å². The van der Waals surface area contributed by atoms with Gasteiger partial charge in [0, 0.05) is 11.8 Å². The molecule has 0 aliphatic heterocycles. The Kier molecular flexibility index (Phi) is 10.7. The van der Waals surface area contributed by atoms with Crippen molar-refractivity contribution < 1.29 is 33.7 Å². The molecule has 0 spiro atoms. The zero-order chi connectivity index (χ0) is 27.0. The molecule has 0 aliphatic rings. The summed E-state index contributed by atoms with van der Waals surface area (Å²) in [7, 11) is 2.72. The molecule has 1 aromatic carbocycles. The average molecular weight is 494 g/mol. The molecule has 196 valence electrons. The first kappa shape index (κ1) is 29.9. The molecule has 10 nitrogen and oxygen atoms in total. The number of ether oxygens (including phenoxy) is 3. The van der Waals surface area contributed by atoms with Gasteiger partial charge >= 0.3 is 5.97 Å². The Hall–Kier alpha value is -3.14. The molecule has 10 heteroatoms. The van der Waals surface area contributed by atoms with Crippen molar-refractivity contribution in [1.29, 1.82) is 0 Å². The number of nitrogens with one attached hydrogen (secondary N) is 2. The molecule has 1 aromatic rings. The van der Waals surface area contributed by atoms with Gasteiger partial charge in [0.15, 0.2) is 0 Å². The van der Waals surface area contributed by atoms with Gasteiger partial charge in [-0.25, -0.2) is 0 Å². The zero-order valence-corrected chi connectivity index (χ0v) is 22.1. The van der Waals surface area contributed by atoms with E-state index in [1.807, 2.05) is 41.5 Å². The molecule has 0 saturated heterocycles. The van der Waals surface area contributed by atoms with Gasteiger partial charge < -0.3 is 30.0 Å². The van der Waals surface area contributed by atoms with Crippen LogP contribution in [-0.2, 0) is 23.9 Å². The van der Waals surface area contributed by atoms with Gasteiger partial charge in [-0.05, 0) is 51.3 Å².